The minimum absolute atomic E-state index is 0.0157. The smallest absolute Gasteiger partial charge is 0.420 e. The maximum absolute atomic E-state index is 14.0. The van der Waals surface area contributed by atoms with Crippen molar-refractivity contribution in [3.63, 3.8) is 0 Å². The molecule has 17 heteroatoms. The number of ether oxygens (including phenoxy) is 3. The van der Waals surface area contributed by atoms with Crippen LogP contribution in [0, 0.1) is 18.8 Å². The Labute approximate surface area is 351 Å². The van der Waals surface area contributed by atoms with Crippen LogP contribution in [-0.2, 0) is 35.2 Å². The van der Waals surface area contributed by atoms with Crippen LogP contribution >= 0.6 is 22.7 Å². The molecule has 6 rings (SSSR count). The summed E-state index contributed by atoms with van der Waals surface area (Å²) in [5.41, 5.74) is 2.50. The van der Waals surface area contributed by atoms with Crippen LogP contribution in [0.5, 0.6) is 5.75 Å². The summed E-state index contributed by atoms with van der Waals surface area (Å²) < 4.78 is 62.4. The van der Waals surface area contributed by atoms with Crippen molar-refractivity contribution in [3.05, 3.63) is 80.1 Å². The quantitative estimate of drug-likeness (QED) is 0.0441. The number of nitrogens with zero attached hydrogens (tertiary/aromatic N) is 7. The lowest BCUT2D eigenvalue weighted by molar-refractivity contribution is -0.139. The van der Waals surface area contributed by atoms with Crippen molar-refractivity contribution in [3.8, 4) is 17.6 Å². The summed E-state index contributed by atoms with van der Waals surface area (Å²) >= 11 is 2.91. The summed E-state index contributed by atoms with van der Waals surface area (Å²) in [7, 11) is 2.42. The molecule has 11 nitrogen and oxygen atoms in total. The second-order valence-electron chi connectivity index (χ2n) is 15.6. The monoisotopic (exact) mass is 865 g/mol. The summed E-state index contributed by atoms with van der Waals surface area (Å²) in [6.07, 6.45) is -2.38. The number of aryl methyl sites for hydroxylation is 1. The van der Waals surface area contributed by atoms with Gasteiger partial charge >= 0.3 is 12.1 Å². The predicted octanol–water partition coefficient (Wildman–Crippen LogP) is 9.01. The van der Waals surface area contributed by atoms with Crippen molar-refractivity contribution in [2.45, 2.75) is 78.1 Å². The molecule has 2 aromatic carbocycles. The van der Waals surface area contributed by atoms with E-state index in [1.165, 1.54) is 23.5 Å². The molecule has 5 aromatic rings. The molecular weight excluding hydrogens is 816 g/mol. The van der Waals surface area contributed by atoms with Gasteiger partial charge < -0.3 is 19.1 Å². The van der Waals surface area contributed by atoms with Crippen molar-refractivity contribution in [1.29, 1.82) is 0 Å². The molecule has 3 aromatic heterocycles. The first-order chi connectivity index (χ1) is 28.1. The van der Waals surface area contributed by atoms with Crippen LogP contribution in [0.4, 0.5) is 29.9 Å². The number of fused-ring (bicyclic) bond motifs is 2. The third-order valence-electron chi connectivity index (χ3n) is 9.47. The zero-order valence-corrected chi connectivity index (χ0v) is 37.2. The first-order valence-corrected chi connectivity index (χ1v) is 25.0. The van der Waals surface area contributed by atoms with E-state index in [1.54, 1.807) is 18.3 Å². The zero-order valence-electron chi connectivity index (χ0n) is 34.5. The third kappa shape index (κ3) is 11.2. The highest BCUT2D eigenvalue weighted by Gasteiger charge is 2.35. The highest BCUT2D eigenvalue weighted by molar-refractivity contribution is 7.16. The second-order valence-corrected chi connectivity index (χ2v) is 23.3. The van der Waals surface area contributed by atoms with E-state index in [2.05, 4.69) is 58.4 Å². The number of halogens is 3. The molecule has 314 valence electrons. The van der Waals surface area contributed by atoms with Crippen molar-refractivity contribution in [2.75, 3.05) is 51.9 Å². The van der Waals surface area contributed by atoms with Gasteiger partial charge in [-0.05, 0) is 90.0 Å². The largest absolute Gasteiger partial charge is 0.493 e. The van der Waals surface area contributed by atoms with Crippen LogP contribution in [0.15, 0.2) is 47.5 Å². The second kappa shape index (κ2) is 19.2. The van der Waals surface area contributed by atoms with Gasteiger partial charge in [-0.15, -0.1) is 21.5 Å². The van der Waals surface area contributed by atoms with E-state index in [-0.39, 0.29) is 30.2 Å². The van der Waals surface area contributed by atoms with E-state index in [0.29, 0.717) is 60.9 Å². The van der Waals surface area contributed by atoms with Gasteiger partial charge in [0.05, 0.1) is 35.5 Å². The molecule has 0 fully saturated rings. The van der Waals surface area contributed by atoms with Crippen molar-refractivity contribution in [1.82, 2.24) is 24.6 Å². The average molecular weight is 866 g/mol. The topological polar surface area (TPSA) is 107 Å². The highest BCUT2D eigenvalue weighted by Crippen LogP contribution is 2.40. The number of anilines is 2. The molecule has 4 heterocycles. The lowest BCUT2D eigenvalue weighted by Crippen LogP contribution is -2.27. The molecule has 0 atom stereocenters. The van der Waals surface area contributed by atoms with Gasteiger partial charge in [0.1, 0.15) is 12.5 Å². The van der Waals surface area contributed by atoms with Gasteiger partial charge in [-0.2, -0.15) is 18.2 Å². The Morgan fingerprint density at radius 1 is 1.08 bits per heavy atom. The number of thiazole rings is 2. The number of rotatable bonds is 15. The fourth-order valence-corrected chi connectivity index (χ4v) is 9.26. The number of aromatic nitrogens is 4. The van der Waals surface area contributed by atoms with Gasteiger partial charge in [0.2, 0.25) is 0 Å². The van der Waals surface area contributed by atoms with Crippen molar-refractivity contribution >= 4 is 63.7 Å². The van der Waals surface area contributed by atoms with Gasteiger partial charge in [0, 0.05) is 42.8 Å². The number of carbonyl (C=O) groups excluding carboxylic acids is 1. The Morgan fingerprint density at radius 2 is 1.88 bits per heavy atom. The molecular formula is C42H50F3N7O4S2Si. The number of hydrogen-bond donors (Lipinski definition) is 0. The molecule has 1 aliphatic heterocycles. The van der Waals surface area contributed by atoms with Gasteiger partial charge in [0.15, 0.2) is 27.3 Å². The molecule has 0 bridgehead atoms. The summed E-state index contributed by atoms with van der Waals surface area (Å²) in [5.74, 6) is 5.99. The normalized spacial score (nSPS) is 13.5. The lowest BCUT2D eigenvalue weighted by atomic mass is 10.0. The Bertz CT molecular complexity index is 2410. The highest BCUT2D eigenvalue weighted by atomic mass is 32.1. The van der Waals surface area contributed by atoms with E-state index in [0.717, 1.165) is 51.1 Å². The number of para-hydroxylation sites is 1. The van der Waals surface area contributed by atoms with E-state index >= 15 is 0 Å². The molecule has 0 spiro atoms. The molecule has 0 saturated carbocycles. The first kappa shape index (κ1) is 44.0. The van der Waals surface area contributed by atoms with Crippen LogP contribution in [0.2, 0.25) is 25.7 Å². The standard InChI is InChI=1S/C42H50F3N7O4S2Si/c1-8-55-39(53)36-35(18-13-23-56-33-20-19-29(14-11-21-50(3)4)26-31(33)42(43,44)45)58-40(46-36)51-22-12-15-30-28(2)37(48-49-38(30)51)47-41-52(27-54-24-25-59(5,6)7)32-16-9-10-17-34(32)57-41/h9-10,16-17,19-20,26H,8,12-13,15,18,21-25,27H2,1-7H3/b47-41-. The van der Waals surface area contributed by atoms with Gasteiger partial charge in [-0.25, -0.2) is 9.78 Å². The van der Waals surface area contributed by atoms with Crippen LogP contribution < -0.4 is 14.4 Å². The molecule has 0 amide bonds. The number of hydrogen-bond acceptors (Lipinski definition) is 12. The maximum Gasteiger partial charge on any atom is 0.420 e. The molecule has 0 radical (unpaired) electrons. The molecule has 1 aliphatic rings. The Hall–Kier alpha value is -4.60. The number of esters is 1. The molecule has 0 aliphatic carbocycles. The fraction of sp³-hybridized carbons (Fsp3) is 0.452. The number of alkyl halides is 3. The third-order valence-corrected chi connectivity index (χ3v) is 13.4. The lowest BCUT2D eigenvalue weighted by Gasteiger charge is -2.28. The number of benzene rings is 2. The van der Waals surface area contributed by atoms with Crippen LogP contribution in [-0.4, -0.2) is 85.7 Å². The Balaban J connectivity index is 1.22. The van der Waals surface area contributed by atoms with Crippen LogP contribution in [0.3, 0.4) is 0 Å². The van der Waals surface area contributed by atoms with Gasteiger partial charge in [-0.1, -0.05) is 55.0 Å². The Kier molecular flexibility index (Phi) is 14.3. The van der Waals surface area contributed by atoms with E-state index in [1.807, 2.05) is 43.0 Å². The SMILES string of the molecule is CCOC(=O)c1nc(N2CCCc3c2nnc(/N=c2\sc4ccccc4n2COCC[Si](C)(C)C)c3C)sc1CCCOc1ccc(C#CCN(C)C)cc1C(F)(F)F. The van der Waals surface area contributed by atoms with Crippen molar-refractivity contribution in [2.24, 2.45) is 4.99 Å². The summed E-state index contributed by atoms with van der Waals surface area (Å²) in [6, 6.07) is 13.1. The maximum atomic E-state index is 14.0. The minimum atomic E-state index is -4.62. The molecule has 0 N–H and O–H groups in total. The summed E-state index contributed by atoms with van der Waals surface area (Å²) in [5, 5.41) is 9.86. The van der Waals surface area contributed by atoms with E-state index in [4.69, 9.17) is 24.2 Å². The van der Waals surface area contributed by atoms with Crippen LogP contribution in [0.1, 0.15) is 57.4 Å². The summed E-state index contributed by atoms with van der Waals surface area (Å²) in [4.78, 5) is 28.1. The van der Waals surface area contributed by atoms with Crippen LogP contribution in [0.25, 0.3) is 10.2 Å². The first-order valence-electron chi connectivity index (χ1n) is 19.6. The van der Waals surface area contributed by atoms with Gasteiger partial charge in [0.25, 0.3) is 0 Å². The average Bonchev–Trinajstić information content (AvgIpc) is 3.77. The molecule has 0 saturated heterocycles. The molecule has 0 unspecified atom stereocenters. The fourth-order valence-electron chi connectivity index (χ4n) is 6.37. The van der Waals surface area contributed by atoms with E-state index in [9.17, 15) is 18.0 Å². The minimum Gasteiger partial charge on any atom is -0.493 e. The predicted molar refractivity (Wildman–Crippen MR) is 230 cm³/mol. The van der Waals surface area contributed by atoms with Gasteiger partial charge in [-0.3, -0.25) is 9.47 Å². The summed E-state index contributed by atoms with van der Waals surface area (Å²) in [6.45, 7) is 13.0. The zero-order chi connectivity index (χ0) is 42.3. The number of carbonyl (C=O) groups is 1. The Morgan fingerprint density at radius 3 is 2.63 bits per heavy atom. The molecule has 59 heavy (non-hydrogen) atoms. The van der Waals surface area contributed by atoms with Crippen molar-refractivity contribution < 1.29 is 32.2 Å². The van der Waals surface area contributed by atoms with E-state index < -0.39 is 25.8 Å².